The Hall–Kier alpha value is -1.56. The van der Waals surface area contributed by atoms with Crippen LogP contribution in [-0.4, -0.2) is 30.1 Å². The number of para-hydroxylation sites is 1. The van der Waals surface area contributed by atoms with Crippen molar-refractivity contribution < 1.29 is 19.4 Å². The molecule has 1 aromatic rings. The van der Waals surface area contributed by atoms with Gasteiger partial charge in [-0.05, 0) is 28.1 Å². The third-order valence-corrected chi connectivity index (χ3v) is 2.88. The molecule has 1 unspecified atom stereocenters. The molecule has 1 atom stereocenters. The van der Waals surface area contributed by atoms with Gasteiger partial charge in [0.25, 0.3) is 0 Å². The first-order chi connectivity index (χ1) is 7.63. The molecule has 5 nitrogen and oxygen atoms in total. The number of ether oxygens (including phenoxy) is 1. The zero-order valence-corrected chi connectivity index (χ0v) is 9.68. The SMILES string of the molecule is O=CC1CN(C(=O)O)c2cccc(Br)c2O1. The van der Waals surface area contributed by atoms with E-state index in [9.17, 15) is 9.59 Å². The van der Waals surface area contributed by atoms with Crippen LogP contribution in [-0.2, 0) is 4.79 Å². The van der Waals surface area contributed by atoms with Gasteiger partial charge in [-0.2, -0.15) is 0 Å². The quantitative estimate of drug-likeness (QED) is 0.801. The van der Waals surface area contributed by atoms with Crippen LogP contribution in [0.15, 0.2) is 22.7 Å². The zero-order valence-electron chi connectivity index (χ0n) is 8.09. The van der Waals surface area contributed by atoms with Crippen LogP contribution in [0.4, 0.5) is 10.5 Å². The summed E-state index contributed by atoms with van der Waals surface area (Å²) in [6.45, 7) is 0.0162. The molecule has 2 rings (SSSR count). The molecule has 1 aliphatic rings. The van der Waals surface area contributed by atoms with Crippen LogP contribution in [0.5, 0.6) is 5.75 Å². The summed E-state index contributed by atoms with van der Waals surface area (Å²) in [5.41, 5.74) is 0.444. The minimum absolute atomic E-state index is 0.0162. The maximum atomic E-state index is 11.0. The average Bonchev–Trinajstić information content (AvgIpc) is 2.28. The highest BCUT2D eigenvalue weighted by molar-refractivity contribution is 9.10. The normalized spacial score (nSPS) is 18.6. The molecule has 0 radical (unpaired) electrons. The highest BCUT2D eigenvalue weighted by Gasteiger charge is 2.30. The maximum Gasteiger partial charge on any atom is 0.412 e. The lowest BCUT2D eigenvalue weighted by molar-refractivity contribution is -0.113. The van der Waals surface area contributed by atoms with Crippen molar-refractivity contribution in [2.24, 2.45) is 0 Å². The first-order valence-corrected chi connectivity index (χ1v) is 5.33. The summed E-state index contributed by atoms with van der Waals surface area (Å²) in [4.78, 5) is 22.8. The third kappa shape index (κ3) is 1.76. The molecule has 0 spiro atoms. The molecule has 84 valence electrons. The van der Waals surface area contributed by atoms with Gasteiger partial charge in [-0.25, -0.2) is 4.79 Å². The first kappa shape index (κ1) is 10.9. The molecule has 1 aliphatic heterocycles. The number of aldehydes is 1. The summed E-state index contributed by atoms with van der Waals surface area (Å²) >= 11 is 3.25. The van der Waals surface area contributed by atoms with Crippen molar-refractivity contribution in [2.45, 2.75) is 6.10 Å². The van der Waals surface area contributed by atoms with E-state index in [0.29, 0.717) is 22.2 Å². The number of nitrogens with zero attached hydrogens (tertiary/aromatic N) is 1. The summed E-state index contributed by atoms with van der Waals surface area (Å²) in [6, 6.07) is 5.07. The number of hydrogen-bond donors (Lipinski definition) is 1. The van der Waals surface area contributed by atoms with E-state index in [2.05, 4.69) is 15.9 Å². The highest BCUT2D eigenvalue weighted by Crippen LogP contribution is 2.39. The van der Waals surface area contributed by atoms with Gasteiger partial charge >= 0.3 is 6.09 Å². The minimum Gasteiger partial charge on any atom is -0.478 e. The molecular weight excluding hydrogens is 278 g/mol. The minimum atomic E-state index is -1.10. The molecule has 1 amide bonds. The summed E-state index contributed by atoms with van der Waals surface area (Å²) in [5, 5.41) is 9.03. The molecule has 1 N–H and O–H groups in total. The monoisotopic (exact) mass is 285 g/mol. The van der Waals surface area contributed by atoms with Gasteiger partial charge in [0.2, 0.25) is 0 Å². The van der Waals surface area contributed by atoms with Crippen LogP contribution in [0.1, 0.15) is 0 Å². The van der Waals surface area contributed by atoms with Crippen molar-refractivity contribution in [1.82, 2.24) is 0 Å². The Bertz CT molecular complexity index is 448. The summed E-state index contributed by atoms with van der Waals surface area (Å²) < 4.78 is 6.00. The predicted octanol–water partition coefficient (Wildman–Crippen LogP) is 1.89. The number of amides is 1. The van der Waals surface area contributed by atoms with Crippen LogP contribution in [0.25, 0.3) is 0 Å². The molecule has 0 aromatic heterocycles. The van der Waals surface area contributed by atoms with Crippen molar-refractivity contribution >= 4 is 34.0 Å². The Morgan fingerprint density at radius 3 is 3.00 bits per heavy atom. The number of anilines is 1. The van der Waals surface area contributed by atoms with Gasteiger partial charge in [0.05, 0.1) is 16.7 Å². The molecule has 0 aliphatic carbocycles. The molecular formula is C10H8BrNO4. The Kier molecular flexibility index (Phi) is 2.82. The fraction of sp³-hybridized carbons (Fsp3) is 0.200. The van der Waals surface area contributed by atoms with Gasteiger partial charge in [0.15, 0.2) is 18.1 Å². The zero-order chi connectivity index (χ0) is 11.7. The molecule has 16 heavy (non-hydrogen) atoms. The van der Waals surface area contributed by atoms with E-state index in [4.69, 9.17) is 9.84 Å². The van der Waals surface area contributed by atoms with Crippen molar-refractivity contribution in [3.8, 4) is 5.75 Å². The Morgan fingerprint density at radius 1 is 1.62 bits per heavy atom. The van der Waals surface area contributed by atoms with Gasteiger partial charge in [0, 0.05) is 0 Å². The predicted molar refractivity (Wildman–Crippen MR) is 60.0 cm³/mol. The van der Waals surface area contributed by atoms with Gasteiger partial charge in [-0.1, -0.05) is 6.07 Å². The second-order valence-electron chi connectivity index (χ2n) is 3.27. The topological polar surface area (TPSA) is 66.8 Å². The van der Waals surface area contributed by atoms with Crippen molar-refractivity contribution in [1.29, 1.82) is 0 Å². The van der Waals surface area contributed by atoms with E-state index >= 15 is 0 Å². The Labute approximate surface area is 99.7 Å². The number of rotatable bonds is 1. The lowest BCUT2D eigenvalue weighted by atomic mass is 10.2. The lowest BCUT2D eigenvalue weighted by Gasteiger charge is -2.31. The van der Waals surface area contributed by atoms with E-state index in [1.807, 2.05) is 0 Å². The molecule has 0 saturated heterocycles. The van der Waals surface area contributed by atoms with Gasteiger partial charge in [-0.15, -0.1) is 0 Å². The number of fused-ring (bicyclic) bond motifs is 1. The Morgan fingerprint density at radius 2 is 2.38 bits per heavy atom. The van der Waals surface area contributed by atoms with Crippen molar-refractivity contribution in [3.05, 3.63) is 22.7 Å². The van der Waals surface area contributed by atoms with Crippen LogP contribution in [0.3, 0.4) is 0 Å². The van der Waals surface area contributed by atoms with Crippen molar-refractivity contribution in [2.75, 3.05) is 11.4 Å². The lowest BCUT2D eigenvalue weighted by Crippen LogP contribution is -2.43. The number of benzene rings is 1. The molecule has 1 aromatic carbocycles. The summed E-state index contributed by atoms with van der Waals surface area (Å²) in [5.74, 6) is 0.383. The molecule has 0 fully saturated rings. The van der Waals surface area contributed by atoms with Crippen LogP contribution in [0, 0.1) is 0 Å². The Balaban J connectivity index is 2.50. The van der Waals surface area contributed by atoms with E-state index in [0.717, 1.165) is 4.90 Å². The molecule has 1 heterocycles. The number of carbonyl (C=O) groups is 2. The third-order valence-electron chi connectivity index (χ3n) is 2.25. The van der Waals surface area contributed by atoms with Gasteiger partial charge < -0.3 is 9.84 Å². The maximum absolute atomic E-state index is 11.0. The fourth-order valence-electron chi connectivity index (χ4n) is 1.55. The molecule has 6 heteroatoms. The van der Waals surface area contributed by atoms with Gasteiger partial charge in [-0.3, -0.25) is 9.69 Å². The molecule has 0 saturated carbocycles. The van der Waals surface area contributed by atoms with E-state index in [1.54, 1.807) is 18.2 Å². The van der Waals surface area contributed by atoms with E-state index < -0.39 is 12.2 Å². The highest BCUT2D eigenvalue weighted by atomic mass is 79.9. The summed E-state index contributed by atoms with van der Waals surface area (Å²) in [7, 11) is 0. The number of carbonyl (C=O) groups excluding carboxylic acids is 1. The second-order valence-corrected chi connectivity index (χ2v) is 4.13. The first-order valence-electron chi connectivity index (χ1n) is 4.54. The smallest absolute Gasteiger partial charge is 0.412 e. The summed E-state index contributed by atoms with van der Waals surface area (Å²) in [6.07, 6.45) is -1.27. The average molecular weight is 286 g/mol. The number of carboxylic acid groups (broad SMARTS) is 1. The van der Waals surface area contributed by atoms with Gasteiger partial charge in [0.1, 0.15) is 0 Å². The van der Waals surface area contributed by atoms with E-state index in [1.165, 1.54) is 0 Å². The number of halogens is 1. The fourth-order valence-corrected chi connectivity index (χ4v) is 1.99. The van der Waals surface area contributed by atoms with Crippen LogP contribution in [0.2, 0.25) is 0 Å². The van der Waals surface area contributed by atoms with E-state index in [-0.39, 0.29) is 6.54 Å². The standard InChI is InChI=1S/C10H8BrNO4/c11-7-2-1-3-8-9(7)16-6(5-13)4-12(8)10(14)15/h1-3,5-6H,4H2,(H,14,15). The molecule has 0 bridgehead atoms. The van der Waals surface area contributed by atoms with Crippen LogP contribution < -0.4 is 9.64 Å². The largest absolute Gasteiger partial charge is 0.478 e. The number of hydrogen-bond acceptors (Lipinski definition) is 3. The second kappa shape index (κ2) is 4.13. The van der Waals surface area contributed by atoms with Crippen LogP contribution >= 0.6 is 15.9 Å². The van der Waals surface area contributed by atoms with Crippen molar-refractivity contribution in [3.63, 3.8) is 0 Å².